The largest absolute Gasteiger partial charge is 0.424 e. The number of sulfonamides is 1. The molecule has 0 fully saturated rings. The number of hydrogen-bond acceptors (Lipinski definition) is 8. The van der Waals surface area contributed by atoms with Gasteiger partial charge in [-0.05, 0) is 48.5 Å². The highest BCUT2D eigenvalue weighted by molar-refractivity contribution is 7.90. The first-order chi connectivity index (χ1) is 19.6. The number of carbonyl (C=O) groups is 3. The van der Waals surface area contributed by atoms with Crippen molar-refractivity contribution in [1.82, 2.24) is 14.5 Å². The molecule has 0 aliphatic rings. The number of halogens is 1. The Morgan fingerprint density at radius 2 is 1.63 bits per heavy atom. The maximum atomic E-state index is 12.9. The van der Waals surface area contributed by atoms with Crippen molar-refractivity contribution in [2.75, 3.05) is 10.6 Å². The number of benzene rings is 3. The van der Waals surface area contributed by atoms with Crippen LogP contribution in [0.5, 0.6) is 5.75 Å². The number of rotatable bonds is 8. The third-order valence-electron chi connectivity index (χ3n) is 5.40. The maximum absolute atomic E-state index is 12.9. The average molecular weight is 593 g/mol. The number of urea groups is 1. The van der Waals surface area contributed by atoms with E-state index in [1.807, 2.05) is 10.8 Å². The Bertz CT molecular complexity index is 1770. The van der Waals surface area contributed by atoms with Gasteiger partial charge >= 0.3 is 12.0 Å². The number of aromatic nitrogens is 2. The minimum atomic E-state index is -4.29. The molecule has 0 bridgehead atoms. The summed E-state index contributed by atoms with van der Waals surface area (Å²) in [5.41, 5.74) is 0.469. The molecule has 0 radical (unpaired) electrons. The van der Waals surface area contributed by atoms with Gasteiger partial charge in [-0.15, -0.1) is 0 Å². The monoisotopic (exact) mass is 592 g/mol. The number of carbonyl (C=O) groups excluding carboxylic acids is 3. The van der Waals surface area contributed by atoms with Crippen LogP contribution in [0.4, 0.5) is 16.3 Å². The second kappa shape index (κ2) is 12.3. The average Bonchev–Trinajstić information content (AvgIpc) is 3.26. The topological polar surface area (TPSA) is 172 Å². The summed E-state index contributed by atoms with van der Waals surface area (Å²) in [6.45, 7) is 1.22. The molecule has 0 atom stereocenters. The Morgan fingerprint density at radius 3 is 2.29 bits per heavy atom. The lowest BCUT2D eigenvalue weighted by molar-refractivity contribution is -0.131. The normalized spacial score (nSPS) is 10.8. The zero-order valence-corrected chi connectivity index (χ0v) is 22.9. The quantitative estimate of drug-likeness (QED) is 0.203. The third-order valence-corrected chi connectivity index (χ3v) is 7.00. The standard InChI is InChI=1S/C27H21ClN6O6S/c1-17(35)40-24-10-6-5-9-22(24)30-25(36)15-23-21(16-29)26(34(32-23)19-7-3-2-4-8-19)31-27(37)33-41(38,39)20-13-11-18(28)12-14-20/h2-14H,15H2,1H3,(H,30,36)(H2,31,33,37). The molecule has 0 unspecified atom stereocenters. The Morgan fingerprint density at radius 1 is 0.976 bits per heavy atom. The van der Waals surface area contributed by atoms with Crippen molar-refractivity contribution in [2.45, 2.75) is 18.2 Å². The number of nitriles is 1. The molecule has 0 aliphatic carbocycles. The van der Waals surface area contributed by atoms with E-state index in [0.717, 1.165) is 0 Å². The summed E-state index contributed by atoms with van der Waals surface area (Å²) in [4.78, 5) is 37.0. The first-order valence-electron chi connectivity index (χ1n) is 11.8. The van der Waals surface area contributed by atoms with Gasteiger partial charge in [-0.25, -0.2) is 22.6 Å². The number of nitrogens with one attached hydrogen (secondary N) is 3. The van der Waals surface area contributed by atoms with Crippen LogP contribution >= 0.6 is 11.6 Å². The zero-order valence-electron chi connectivity index (χ0n) is 21.3. The predicted molar refractivity (Wildman–Crippen MR) is 149 cm³/mol. The van der Waals surface area contributed by atoms with Gasteiger partial charge in [-0.3, -0.25) is 14.9 Å². The molecular weight excluding hydrogens is 572 g/mol. The van der Waals surface area contributed by atoms with Gasteiger partial charge in [0, 0.05) is 11.9 Å². The van der Waals surface area contributed by atoms with E-state index in [-0.39, 0.29) is 33.4 Å². The smallest absolute Gasteiger partial charge is 0.334 e. The molecule has 4 aromatic rings. The van der Waals surface area contributed by atoms with Crippen LogP contribution in [0, 0.1) is 11.3 Å². The van der Waals surface area contributed by atoms with E-state index < -0.39 is 34.4 Å². The van der Waals surface area contributed by atoms with Gasteiger partial charge in [0.25, 0.3) is 10.0 Å². The summed E-state index contributed by atoms with van der Waals surface area (Å²) in [5.74, 6) is -1.21. The number of esters is 1. The van der Waals surface area contributed by atoms with Crippen molar-refractivity contribution >= 4 is 51.0 Å². The number of hydrogen-bond donors (Lipinski definition) is 3. The molecule has 0 saturated carbocycles. The number of anilines is 2. The lowest BCUT2D eigenvalue weighted by Gasteiger charge is -2.11. The van der Waals surface area contributed by atoms with Crippen LogP contribution in [0.15, 0.2) is 83.8 Å². The Balaban J connectivity index is 1.63. The highest BCUT2D eigenvalue weighted by Crippen LogP contribution is 2.27. The molecule has 0 aliphatic heterocycles. The van der Waals surface area contributed by atoms with Gasteiger partial charge in [-0.2, -0.15) is 10.4 Å². The molecule has 3 aromatic carbocycles. The molecule has 3 amide bonds. The maximum Gasteiger partial charge on any atom is 0.334 e. The van der Waals surface area contributed by atoms with Crippen molar-refractivity contribution < 1.29 is 27.5 Å². The molecule has 41 heavy (non-hydrogen) atoms. The molecule has 1 aromatic heterocycles. The Labute approximate surface area is 239 Å². The number of nitrogens with zero attached hydrogens (tertiary/aromatic N) is 3. The van der Waals surface area contributed by atoms with Gasteiger partial charge in [0.15, 0.2) is 11.6 Å². The first-order valence-corrected chi connectivity index (χ1v) is 13.7. The number of ether oxygens (including phenoxy) is 1. The van der Waals surface area contributed by atoms with Gasteiger partial charge in [0.1, 0.15) is 11.6 Å². The molecule has 0 spiro atoms. The van der Waals surface area contributed by atoms with E-state index in [4.69, 9.17) is 16.3 Å². The zero-order chi connectivity index (χ0) is 29.6. The van der Waals surface area contributed by atoms with Crippen molar-refractivity contribution in [3.8, 4) is 17.5 Å². The molecule has 3 N–H and O–H groups in total. The summed E-state index contributed by atoms with van der Waals surface area (Å²) in [5, 5.41) is 19.6. The first kappa shape index (κ1) is 28.8. The minimum absolute atomic E-state index is 0.00493. The molecule has 12 nitrogen and oxygen atoms in total. The van der Waals surface area contributed by atoms with Crippen LogP contribution in [0.2, 0.25) is 5.02 Å². The molecular formula is C27H21ClN6O6S. The molecule has 208 valence electrons. The van der Waals surface area contributed by atoms with Gasteiger partial charge in [0.2, 0.25) is 5.91 Å². The van der Waals surface area contributed by atoms with Gasteiger partial charge < -0.3 is 10.1 Å². The number of amides is 3. The Hall–Kier alpha value is -5.19. The van der Waals surface area contributed by atoms with Crippen LogP contribution < -0.4 is 20.1 Å². The fourth-order valence-electron chi connectivity index (χ4n) is 3.66. The van der Waals surface area contributed by atoms with Crippen LogP contribution in [0.3, 0.4) is 0 Å². The van der Waals surface area contributed by atoms with E-state index in [2.05, 4.69) is 15.7 Å². The van der Waals surface area contributed by atoms with Crippen LogP contribution in [0.1, 0.15) is 18.2 Å². The van der Waals surface area contributed by atoms with Crippen molar-refractivity contribution in [1.29, 1.82) is 5.26 Å². The van der Waals surface area contributed by atoms with Crippen molar-refractivity contribution in [3.05, 3.63) is 95.1 Å². The fourth-order valence-corrected chi connectivity index (χ4v) is 4.70. The lowest BCUT2D eigenvalue weighted by atomic mass is 10.2. The van der Waals surface area contributed by atoms with Crippen molar-refractivity contribution in [2.24, 2.45) is 0 Å². The van der Waals surface area contributed by atoms with E-state index in [0.29, 0.717) is 10.7 Å². The summed E-state index contributed by atoms with van der Waals surface area (Å²) in [6, 6.07) is 20.6. The van der Waals surface area contributed by atoms with Crippen LogP contribution in [0.25, 0.3) is 5.69 Å². The number of para-hydroxylation sites is 3. The highest BCUT2D eigenvalue weighted by atomic mass is 35.5. The van der Waals surface area contributed by atoms with Gasteiger partial charge in [-0.1, -0.05) is 41.9 Å². The summed E-state index contributed by atoms with van der Waals surface area (Å²) >= 11 is 5.81. The van der Waals surface area contributed by atoms with E-state index in [1.54, 1.807) is 42.5 Å². The predicted octanol–water partition coefficient (Wildman–Crippen LogP) is 4.01. The molecule has 14 heteroatoms. The van der Waals surface area contributed by atoms with E-state index in [9.17, 15) is 28.1 Å². The lowest BCUT2D eigenvalue weighted by Crippen LogP contribution is -2.35. The van der Waals surface area contributed by atoms with Crippen molar-refractivity contribution in [3.63, 3.8) is 0 Å². The second-order valence-corrected chi connectivity index (χ2v) is 10.5. The third kappa shape index (κ3) is 7.07. The summed E-state index contributed by atoms with van der Waals surface area (Å²) in [6.07, 6.45) is -0.406. The highest BCUT2D eigenvalue weighted by Gasteiger charge is 2.25. The molecule has 1 heterocycles. The molecule has 0 saturated heterocycles. The summed E-state index contributed by atoms with van der Waals surface area (Å²) in [7, 11) is -4.29. The van der Waals surface area contributed by atoms with Crippen LogP contribution in [-0.4, -0.2) is 36.1 Å². The van der Waals surface area contributed by atoms with Crippen LogP contribution in [-0.2, 0) is 26.0 Å². The SMILES string of the molecule is CC(=O)Oc1ccccc1NC(=O)Cc1nn(-c2ccccc2)c(NC(=O)NS(=O)(=O)c2ccc(Cl)cc2)c1C#N. The fraction of sp³-hybridized carbons (Fsp3) is 0.0741. The second-order valence-electron chi connectivity index (χ2n) is 8.36. The van der Waals surface area contributed by atoms with Gasteiger partial charge in [0.05, 0.1) is 28.4 Å². The van der Waals surface area contributed by atoms with E-state index >= 15 is 0 Å². The van der Waals surface area contributed by atoms with E-state index in [1.165, 1.54) is 48.0 Å². The minimum Gasteiger partial charge on any atom is -0.424 e. The summed E-state index contributed by atoms with van der Waals surface area (Å²) < 4.78 is 33.6. The Kier molecular flexibility index (Phi) is 8.66. The molecule has 4 rings (SSSR count).